The minimum absolute atomic E-state index is 0.0145. The van der Waals surface area contributed by atoms with E-state index in [2.05, 4.69) is 19.4 Å². The van der Waals surface area contributed by atoms with E-state index < -0.39 is 0 Å². The number of aryl methyl sites for hydroxylation is 1. The van der Waals surface area contributed by atoms with Crippen LogP contribution in [0.5, 0.6) is 0 Å². The monoisotopic (exact) mass is 349 g/mol. The van der Waals surface area contributed by atoms with Crippen molar-refractivity contribution < 1.29 is 9.53 Å². The maximum Gasteiger partial charge on any atom is 0.227 e. The molecule has 0 spiro atoms. The van der Waals surface area contributed by atoms with Gasteiger partial charge in [0.1, 0.15) is 5.82 Å². The average molecular weight is 349 g/mol. The van der Waals surface area contributed by atoms with Crippen LogP contribution >= 0.6 is 0 Å². The Hall–Kier alpha value is -1.44. The third-order valence-corrected chi connectivity index (χ3v) is 5.42. The van der Waals surface area contributed by atoms with Gasteiger partial charge in [0.25, 0.3) is 0 Å². The van der Waals surface area contributed by atoms with Crippen LogP contribution in [0.15, 0.2) is 12.4 Å². The van der Waals surface area contributed by atoms with E-state index in [1.165, 1.54) is 0 Å². The summed E-state index contributed by atoms with van der Waals surface area (Å²) in [6, 6.07) is 0.541. The maximum atomic E-state index is 12.7. The van der Waals surface area contributed by atoms with Gasteiger partial charge in [0.15, 0.2) is 0 Å². The second-order valence-corrected chi connectivity index (χ2v) is 7.46. The predicted octanol–water partition coefficient (Wildman–Crippen LogP) is 0.421. The number of nitrogens with zero attached hydrogens (tertiary/aromatic N) is 5. The number of carbonyl (C=O) groups is 1. The van der Waals surface area contributed by atoms with Gasteiger partial charge in [-0.15, -0.1) is 0 Å². The third-order valence-electron chi connectivity index (χ3n) is 5.42. The Morgan fingerprint density at radius 1 is 1.28 bits per heavy atom. The van der Waals surface area contributed by atoms with Gasteiger partial charge in [-0.25, -0.2) is 4.98 Å². The molecule has 0 bridgehead atoms. The van der Waals surface area contributed by atoms with E-state index in [-0.39, 0.29) is 11.8 Å². The number of imidazole rings is 1. The Morgan fingerprint density at radius 2 is 2.04 bits per heavy atom. The van der Waals surface area contributed by atoms with E-state index in [9.17, 15) is 4.79 Å². The Kier molecular flexibility index (Phi) is 6.09. The van der Waals surface area contributed by atoms with E-state index in [1.807, 2.05) is 33.5 Å². The lowest BCUT2D eigenvalue weighted by Crippen LogP contribution is -2.45. The Bertz CT molecular complexity index is 568. The zero-order valence-corrected chi connectivity index (χ0v) is 15.7. The molecule has 2 aliphatic heterocycles. The van der Waals surface area contributed by atoms with Crippen molar-refractivity contribution in [1.29, 1.82) is 0 Å². The smallest absolute Gasteiger partial charge is 0.227 e. The van der Waals surface area contributed by atoms with Gasteiger partial charge in [-0.05, 0) is 12.8 Å². The van der Waals surface area contributed by atoms with Crippen LogP contribution in [0.1, 0.15) is 18.7 Å². The molecule has 0 radical (unpaired) electrons. The van der Waals surface area contributed by atoms with Gasteiger partial charge in [-0.2, -0.15) is 0 Å². The number of amides is 1. The molecule has 3 heterocycles. The topological polar surface area (TPSA) is 53.8 Å². The second-order valence-electron chi connectivity index (χ2n) is 7.46. The first-order chi connectivity index (χ1) is 12.0. The molecule has 2 fully saturated rings. The summed E-state index contributed by atoms with van der Waals surface area (Å²) < 4.78 is 7.57. The van der Waals surface area contributed by atoms with Crippen molar-refractivity contribution in [2.75, 3.05) is 53.5 Å². The highest BCUT2D eigenvalue weighted by Crippen LogP contribution is 2.20. The fraction of sp³-hybridized carbons (Fsp3) is 0.778. The first-order valence-corrected chi connectivity index (χ1v) is 9.26. The molecule has 140 valence electrons. The van der Waals surface area contributed by atoms with Crippen molar-refractivity contribution in [3.63, 3.8) is 0 Å². The van der Waals surface area contributed by atoms with Crippen LogP contribution in [-0.4, -0.2) is 89.7 Å². The summed E-state index contributed by atoms with van der Waals surface area (Å²) >= 11 is 0. The molecule has 25 heavy (non-hydrogen) atoms. The zero-order valence-electron chi connectivity index (χ0n) is 15.7. The molecule has 3 rings (SSSR count). The van der Waals surface area contributed by atoms with Crippen LogP contribution < -0.4 is 0 Å². The van der Waals surface area contributed by atoms with Crippen molar-refractivity contribution in [2.24, 2.45) is 13.0 Å². The number of aromatic nitrogens is 2. The molecule has 0 saturated carbocycles. The predicted molar refractivity (Wildman–Crippen MR) is 96.1 cm³/mol. The van der Waals surface area contributed by atoms with Crippen molar-refractivity contribution in [3.8, 4) is 0 Å². The lowest BCUT2D eigenvalue weighted by atomic mass is 10.0. The molecule has 2 saturated heterocycles. The van der Waals surface area contributed by atoms with Gasteiger partial charge in [0.05, 0.1) is 12.5 Å². The van der Waals surface area contributed by atoms with Gasteiger partial charge in [0.2, 0.25) is 5.91 Å². The average Bonchev–Trinajstić information content (AvgIpc) is 2.90. The number of hydrogen-bond donors (Lipinski definition) is 0. The summed E-state index contributed by atoms with van der Waals surface area (Å²) in [6.45, 7) is 6.09. The Labute approximate surface area is 150 Å². The molecule has 1 atom stereocenters. The van der Waals surface area contributed by atoms with Crippen molar-refractivity contribution in [3.05, 3.63) is 18.2 Å². The second kappa shape index (κ2) is 8.29. The van der Waals surface area contributed by atoms with Gasteiger partial charge in [0, 0.05) is 79.0 Å². The highest BCUT2D eigenvalue weighted by atomic mass is 16.5. The lowest BCUT2D eigenvalue weighted by molar-refractivity contribution is -0.134. The lowest BCUT2D eigenvalue weighted by Gasteiger charge is -2.34. The number of hydrogen-bond acceptors (Lipinski definition) is 5. The van der Waals surface area contributed by atoms with Crippen LogP contribution in [0.2, 0.25) is 0 Å². The van der Waals surface area contributed by atoms with Gasteiger partial charge in [-0.3, -0.25) is 14.6 Å². The Balaban J connectivity index is 1.72. The van der Waals surface area contributed by atoms with Gasteiger partial charge >= 0.3 is 0 Å². The van der Waals surface area contributed by atoms with Crippen molar-refractivity contribution in [1.82, 2.24) is 24.3 Å². The molecule has 1 aromatic heterocycles. The minimum atomic E-state index is 0.0145. The van der Waals surface area contributed by atoms with E-state index in [4.69, 9.17) is 4.74 Å². The highest BCUT2D eigenvalue weighted by molar-refractivity contribution is 5.78. The largest absolute Gasteiger partial charge is 0.381 e. The molecule has 2 aliphatic rings. The summed E-state index contributed by atoms with van der Waals surface area (Å²) in [4.78, 5) is 23.8. The number of rotatable bonds is 4. The molecule has 1 amide bonds. The molecule has 0 aromatic carbocycles. The summed E-state index contributed by atoms with van der Waals surface area (Å²) in [5, 5.41) is 0. The minimum Gasteiger partial charge on any atom is -0.381 e. The summed E-state index contributed by atoms with van der Waals surface area (Å²) in [6.07, 6.45) is 5.96. The number of ether oxygens (including phenoxy) is 1. The molecule has 1 aromatic rings. The van der Waals surface area contributed by atoms with Crippen molar-refractivity contribution in [2.45, 2.75) is 25.4 Å². The van der Waals surface area contributed by atoms with Crippen LogP contribution in [-0.2, 0) is 23.1 Å². The zero-order chi connectivity index (χ0) is 17.8. The molecule has 7 nitrogen and oxygen atoms in total. The number of carbonyl (C=O) groups excluding carboxylic acids is 1. The van der Waals surface area contributed by atoms with Crippen LogP contribution in [0, 0.1) is 5.92 Å². The molecule has 0 N–H and O–H groups in total. The fourth-order valence-corrected chi connectivity index (χ4v) is 3.90. The van der Waals surface area contributed by atoms with E-state index in [0.29, 0.717) is 6.04 Å². The third kappa shape index (κ3) is 4.59. The quantitative estimate of drug-likeness (QED) is 0.789. The summed E-state index contributed by atoms with van der Waals surface area (Å²) in [5.41, 5.74) is 0. The molecule has 0 aliphatic carbocycles. The molecular formula is C18H31N5O2. The first-order valence-electron chi connectivity index (χ1n) is 9.26. The van der Waals surface area contributed by atoms with Gasteiger partial charge < -0.3 is 14.2 Å². The first kappa shape index (κ1) is 18.4. The SMILES string of the molecule is CN(C)C(=O)C1CN(Cc2nccn2C)CCN(C2CCOCC2)C1. The Morgan fingerprint density at radius 3 is 2.68 bits per heavy atom. The molecule has 7 heteroatoms. The van der Waals surface area contributed by atoms with Crippen LogP contribution in [0.3, 0.4) is 0 Å². The molecule has 1 unspecified atom stereocenters. The molecular weight excluding hydrogens is 318 g/mol. The summed E-state index contributed by atoms with van der Waals surface area (Å²) in [7, 11) is 5.74. The van der Waals surface area contributed by atoms with Crippen molar-refractivity contribution >= 4 is 5.91 Å². The van der Waals surface area contributed by atoms with E-state index >= 15 is 0 Å². The standard InChI is InChI=1S/C18H31N5O2/c1-20(2)18(24)15-12-22(14-17-19-6-7-21(17)3)8-9-23(13-15)16-4-10-25-11-5-16/h6-7,15-16H,4-5,8-14H2,1-3H3. The van der Waals surface area contributed by atoms with Crippen LogP contribution in [0.25, 0.3) is 0 Å². The summed E-state index contributed by atoms with van der Waals surface area (Å²) in [5.74, 6) is 1.29. The van der Waals surface area contributed by atoms with Gasteiger partial charge in [-0.1, -0.05) is 0 Å². The maximum absolute atomic E-state index is 12.7. The highest BCUT2D eigenvalue weighted by Gasteiger charge is 2.32. The van der Waals surface area contributed by atoms with E-state index in [1.54, 1.807) is 4.90 Å². The van der Waals surface area contributed by atoms with E-state index in [0.717, 1.165) is 64.6 Å². The normalized spacial score (nSPS) is 24.2. The van der Waals surface area contributed by atoms with Crippen LogP contribution in [0.4, 0.5) is 0 Å². The fourth-order valence-electron chi connectivity index (χ4n) is 3.90.